The van der Waals surface area contributed by atoms with Gasteiger partial charge in [-0.15, -0.1) is 0 Å². The van der Waals surface area contributed by atoms with Crippen LogP contribution < -0.4 is 4.31 Å². The number of anilines is 1. The number of sulfonamides is 1. The summed E-state index contributed by atoms with van der Waals surface area (Å²) in [5.41, 5.74) is 1.56. The summed E-state index contributed by atoms with van der Waals surface area (Å²) in [4.78, 5) is 14.6. The van der Waals surface area contributed by atoms with Gasteiger partial charge in [-0.1, -0.05) is 42.5 Å². The second-order valence-corrected chi connectivity index (χ2v) is 8.72. The second-order valence-electron chi connectivity index (χ2n) is 6.82. The number of hydrogen-bond donors (Lipinski definition) is 0. The molecule has 6 nitrogen and oxygen atoms in total. The van der Waals surface area contributed by atoms with Crippen molar-refractivity contribution in [3.8, 4) is 6.07 Å². The molecule has 0 aromatic heterocycles. The van der Waals surface area contributed by atoms with Crippen LogP contribution in [0.25, 0.3) is 0 Å². The molecule has 0 heterocycles. The van der Waals surface area contributed by atoms with Crippen molar-refractivity contribution in [1.82, 2.24) is 4.90 Å². The number of nitrogens with zero attached hydrogens (tertiary/aromatic N) is 3. The maximum Gasteiger partial charge on any atom is 0.232 e. The van der Waals surface area contributed by atoms with Gasteiger partial charge in [-0.2, -0.15) is 5.26 Å². The van der Waals surface area contributed by atoms with Gasteiger partial charge in [-0.3, -0.25) is 9.10 Å². The van der Waals surface area contributed by atoms with E-state index in [1.807, 2.05) is 50.2 Å². The fraction of sp³-hybridized carbons (Fsp3) is 0.333. The summed E-state index contributed by atoms with van der Waals surface area (Å²) >= 11 is 0. The van der Waals surface area contributed by atoms with Crippen LogP contribution >= 0.6 is 0 Å². The molecule has 148 valence electrons. The molecule has 0 radical (unpaired) electrons. The van der Waals surface area contributed by atoms with Crippen LogP contribution in [0.4, 0.5) is 5.69 Å². The lowest BCUT2D eigenvalue weighted by Gasteiger charge is -2.29. The first-order chi connectivity index (χ1) is 13.2. The Kier molecular flexibility index (Phi) is 7.18. The Hall–Kier alpha value is -2.85. The molecule has 2 rings (SSSR count). The smallest absolute Gasteiger partial charge is 0.232 e. The molecule has 1 amide bonds. The lowest BCUT2D eigenvalue weighted by molar-refractivity contribution is -0.133. The van der Waals surface area contributed by atoms with Gasteiger partial charge in [0.1, 0.15) is 6.07 Å². The maximum atomic E-state index is 12.8. The number of benzene rings is 2. The minimum absolute atomic E-state index is 0.0195. The fourth-order valence-corrected chi connectivity index (χ4v) is 3.87. The van der Waals surface area contributed by atoms with Gasteiger partial charge < -0.3 is 4.90 Å². The highest BCUT2D eigenvalue weighted by Gasteiger charge is 2.24. The fourth-order valence-electron chi connectivity index (χ4n) is 2.93. The third-order valence-electron chi connectivity index (χ3n) is 4.36. The number of hydrogen-bond acceptors (Lipinski definition) is 4. The number of rotatable bonds is 8. The zero-order valence-corrected chi connectivity index (χ0v) is 17.2. The summed E-state index contributed by atoms with van der Waals surface area (Å²) in [5, 5.41) is 9.29. The van der Waals surface area contributed by atoms with Crippen LogP contribution in [0.1, 0.15) is 31.4 Å². The highest BCUT2D eigenvalue weighted by atomic mass is 32.2. The van der Waals surface area contributed by atoms with Crippen LogP contribution in [0.2, 0.25) is 0 Å². The Labute approximate surface area is 167 Å². The first kappa shape index (κ1) is 21.5. The first-order valence-electron chi connectivity index (χ1n) is 9.04. The normalized spacial score (nSPS) is 11.1. The maximum absolute atomic E-state index is 12.8. The largest absolute Gasteiger partial charge is 0.336 e. The molecule has 0 saturated heterocycles. The Balaban J connectivity index is 2.19. The van der Waals surface area contributed by atoms with Crippen LogP contribution in [0.5, 0.6) is 0 Å². The van der Waals surface area contributed by atoms with Gasteiger partial charge in [-0.05, 0) is 31.5 Å². The minimum Gasteiger partial charge on any atom is -0.336 e. The quantitative estimate of drug-likeness (QED) is 0.683. The molecular formula is C21H25N3O3S. The van der Waals surface area contributed by atoms with Gasteiger partial charge in [-0.25, -0.2) is 8.42 Å². The molecular weight excluding hydrogens is 374 g/mol. The van der Waals surface area contributed by atoms with Gasteiger partial charge in [0.2, 0.25) is 15.9 Å². The Bertz CT molecular complexity index is 950. The predicted molar refractivity (Wildman–Crippen MR) is 110 cm³/mol. The molecule has 0 N–H and O–H groups in total. The van der Waals surface area contributed by atoms with Gasteiger partial charge in [0, 0.05) is 25.6 Å². The van der Waals surface area contributed by atoms with Crippen molar-refractivity contribution in [2.45, 2.75) is 32.9 Å². The van der Waals surface area contributed by atoms with E-state index in [4.69, 9.17) is 0 Å². The molecule has 0 spiro atoms. The predicted octanol–water partition coefficient (Wildman–Crippen LogP) is 3.15. The summed E-state index contributed by atoms with van der Waals surface area (Å²) in [6.07, 6.45) is 1.10. The number of para-hydroxylation sites is 1. The Morgan fingerprint density at radius 1 is 1.07 bits per heavy atom. The summed E-state index contributed by atoms with van der Waals surface area (Å²) in [7, 11) is -3.64. The van der Waals surface area contributed by atoms with E-state index >= 15 is 0 Å². The van der Waals surface area contributed by atoms with E-state index in [0.717, 1.165) is 16.1 Å². The van der Waals surface area contributed by atoms with Crippen LogP contribution in [0.3, 0.4) is 0 Å². The Morgan fingerprint density at radius 2 is 1.68 bits per heavy atom. The van der Waals surface area contributed by atoms with Crippen molar-refractivity contribution in [1.29, 1.82) is 5.26 Å². The monoisotopic (exact) mass is 399 g/mol. The van der Waals surface area contributed by atoms with Crippen LogP contribution in [-0.2, 0) is 21.4 Å². The van der Waals surface area contributed by atoms with E-state index in [1.165, 1.54) is 0 Å². The molecule has 0 aliphatic heterocycles. The standard InChI is InChI=1S/C21H25N3O3S/c1-17(2)23(16-18-9-5-4-6-10-18)21(25)13-14-24(28(3,26)27)20-12-8-7-11-19(20)15-22/h4-12,17H,13-14,16H2,1-3H3. The molecule has 0 fully saturated rings. The average Bonchev–Trinajstić information content (AvgIpc) is 2.66. The molecule has 0 aliphatic carbocycles. The van der Waals surface area contributed by atoms with Gasteiger partial charge in [0.05, 0.1) is 17.5 Å². The third-order valence-corrected chi connectivity index (χ3v) is 5.54. The summed E-state index contributed by atoms with van der Waals surface area (Å²) in [5.74, 6) is -0.137. The van der Waals surface area contributed by atoms with Gasteiger partial charge in [0.15, 0.2) is 0 Å². The van der Waals surface area contributed by atoms with Crippen molar-refractivity contribution in [3.63, 3.8) is 0 Å². The molecule has 0 atom stereocenters. The minimum atomic E-state index is -3.64. The van der Waals surface area contributed by atoms with Gasteiger partial charge >= 0.3 is 0 Å². The molecule has 0 aliphatic rings. The molecule has 0 unspecified atom stereocenters. The SMILES string of the molecule is CC(C)N(Cc1ccccc1)C(=O)CCN(c1ccccc1C#N)S(C)(=O)=O. The van der Waals surface area contributed by atoms with E-state index in [9.17, 15) is 18.5 Å². The molecule has 2 aromatic carbocycles. The van der Waals surface area contributed by atoms with Gasteiger partial charge in [0.25, 0.3) is 0 Å². The van der Waals surface area contributed by atoms with Crippen molar-refractivity contribution >= 4 is 21.6 Å². The number of nitriles is 1. The first-order valence-corrected chi connectivity index (χ1v) is 10.9. The van der Waals surface area contributed by atoms with E-state index in [1.54, 1.807) is 29.2 Å². The van der Waals surface area contributed by atoms with Crippen molar-refractivity contribution in [2.24, 2.45) is 0 Å². The average molecular weight is 400 g/mol. The molecule has 2 aromatic rings. The topological polar surface area (TPSA) is 81.5 Å². The summed E-state index contributed by atoms with van der Waals surface area (Å²) < 4.78 is 25.7. The highest BCUT2D eigenvalue weighted by Crippen LogP contribution is 2.23. The number of carbonyl (C=O) groups excluding carboxylic acids is 1. The Morgan fingerprint density at radius 3 is 2.25 bits per heavy atom. The van der Waals surface area contributed by atoms with E-state index in [-0.39, 0.29) is 30.5 Å². The second kappa shape index (κ2) is 9.38. The van der Waals surface area contributed by atoms with Crippen molar-refractivity contribution < 1.29 is 13.2 Å². The molecule has 7 heteroatoms. The molecule has 0 saturated carbocycles. The van der Waals surface area contributed by atoms with E-state index < -0.39 is 10.0 Å². The third kappa shape index (κ3) is 5.57. The molecule has 28 heavy (non-hydrogen) atoms. The lowest BCUT2D eigenvalue weighted by atomic mass is 10.1. The highest BCUT2D eigenvalue weighted by molar-refractivity contribution is 7.92. The zero-order valence-electron chi connectivity index (χ0n) is 16.4. The summed E-state index contributed by atoms with van der Waals surface area (Å²) in [6, 6.07) is 18.1. The zero-order chi connectivity index (χ0) is 20.7. The van der Waals surface area contributed by atoms with Crippen LogP contribution in [-0.4, -0.2) is 38.1 Å². The molecule has 0 bridgehead atoms. The van der Waals surface area contributed by atoms with E-state index in [2.05, 4.69) is 0 Å². The van der Waals surface area contributed by atoms with Crippen molar-refractivity contribution in [2.75, 3.05) is 17.1 Å². The summed E-state index contributed by atoms with van der Waals surface area (Å²) in [6.45, 7) is 4.31. The van der Waals surface area contributed by atoms with Crippen molar-refractivity contribution in [3.05, 3.63) is 65.7 Å². The van der Waals surface area contributed by atoms with Crippen LogP contribution in [0, 0.1) is 11.3 Å². The number of amides is 1. The lowest BCUT2D eigenvalue weighted by Crippen LogP contribution is -2.39. The number of carbonyl (C=O) groups is 1. The van der Waals surface area contributed by atoms with Crippen LogP contribution in [0.15, 0.2) is 54.6 Å². The van der Waals surface area contributed by atoms with E-state index in [0.29, 0.717) is 12.2 Å².